The zero-order chi connectivity index (χ0) is 15.3. The zero-order valence-corrected chi connectivity index (χ0v) is 13.8. The Morgan fingerprint density at radius 2 is 1.52 bits per heavy atom. The van der Waals surface area contributed by atoms with Crippen LogP contribution in [0.3, 0.4) is 0 Å². The van der Waals surface area contributed by atoms with Gasteiger partial charge in [-0.25, -0.2) is 9.50 Å². The van der Waals surface area contributed by atoms with E-state index < -0.39 is 0 Å². The lowest BCUT2D eigenvalue weighted by atomic mass is 9.96. The second-order valence-electron chi connectivity index (χ2n) is 5.33. The maximum atomic E-state index is 6.28. The Kier molecular flexibility index (Phi) is 3.42. The highest BCUT2D eigenvalue weighted by atomic mass is 35.5. The zero-order valence-electron chi connectivity index (χ0n) is 12.3. The van der Waals surface area contributed by atoms with Crippen LogP contribution in [0.15, 0.2) is 18.2 Å². The molecule has 3 aromatic rings. The van der Waals surface area contributed by atoms with E-state index in [0.29, 0.717) is 5.15 Å². The molecule has 3 rings (SSSR count). The third-order valence-electron chi connectivity index (χ3n) is 3.60. The highest BCUT2D eigenvalue weighted by Crippen LogP contribution is 2.35. The molecule has 108 valence electrons. The molecule has 2 heterocycles. The van der Waals surface area contributed by atoms with Crippen molar-refractivity contribution in [3.05, 3.63) is 50.9 Å². The van der Waals surface area contributed by atoms with Gasteiger partial charge in [-0.05, 0) is 62.6 Å². The molecule has 1 aromatic carbocycles. The lowest BCUT2D eigenvalue weighted by Crippen LogP contribution is -1.95. The van der Waals surface area contributed by atoms with E-state index in [1.54, 1.807) is 4.52 Å². The lowest BCUT2D eigenvalue weighted by Gasteiger charge is -2.10. The molecule has 0 saturated carbocycles. The molecule has 5 heteroatoms. The van der Waals surface area contributed by atoms with E-state index in [1.165, 1.54) is 0 Å². The molecule has 0 fully saturated rings. The summed E-state index contributed by atoms with van der Waals surface area (Å²) in [6.07, 6.45) is 0. The SMILES string of the molecule is Cc1cc(Cl)n2nc(C)c(-c3c(C)cc(Cl)cc3C)c2n1. The molecule has 21 heavy (non-hydrogen) atoms. The van der Waals surface area contributed by atoms with Gasteiger partial charge in [-0.2, -0.15) is 5.10 Å². The van der Waals surface area contributed by atoms with E-state index in [-0.39, 0.29) is 0 Å². The molecule has 2 aromatic heterocycles. The first-order valence-electron chi connectivity index (χ1n) is 6.68. The van der Waals surface area contributed by atoms with Crippen molar-refractivity contribution in [3.8, 4) is 11.1 Å². The van der Waals surface area contributed by atoms with E-state index in [2.05, 4.69) is 23.9 Å². The van der Waals surface area contributed by atoms with Crippen molar-refractivity contribution in [1.82, 2.24) is 14.6 Å². The van der Waals surface area contributed by atoms with Gasteiger partial charge >= 0.3 is 0 Å². The number of aryl methyl sites for hydroxylation is 4. The summed E-state index contributed by atoms with van der Waals surface area (Å²) < 4.78 is 1.69. The van der Waals surface area contributed by atoms with E-state index in [1.807, 2.05) is 32.0 Å². The molecular formula is C16H15Cl2N3. The van der Waals surface area contributed by atoms with Gasteiger partial charge in [0.1, 0.15) is 5.15 Å². The number of benzene rings is 1. The van der Waals surface area contributed by atoms with Crippen molar-refractivity contribution in [1.29, 1.82) is 0 Å². The van der Waals surface area contributed by atoms with Crippen LogP contribution in [0.5, 0.6) is 0 Å². The quantitative estimate of drug-likeness (QED) is 0.595. The Bertz CT molecular complexity index is 843. The van der Waals surface area contributed by atoms with Crippen molar-refractivity contribution in [2.45, 2.75) is 27.7 Å². The smallest absolute Gasteiger partial charge is 0.165 e. The van der Waals surface area contributed by atoms with Gasteiger partial charge in [-0.1, -0.05) is 23.2 Å². The first-order chi connectivity index (χ1) is 9.88. The summed E-state index contributed by atoms with van der Waals surface area (Å²) in [4.78, 5) is 4.62. The second kappa shape index (κ2) is 5.00. The Morgan fingerprint density at radius 3 is 2.14 bits per heavy atom. The molecule has 0 N–H and O–H groups in total. The minimum absolute atomic E-state index is 0.566. The highest BCUT2D eigenvalue weighted by molar-refractivity contribution is 6.31. The minimum atomic E-state index is 0.566. The minimum Gasteiger partial charge on any atom is -0.233 e. The van der Waals surface area contributed by atoms with Gasteiger partial charge in [-0.15, -0.1) is 0 Å². The molecule has 3 nitrogen and oxygen atoms in total. The van der Waals surface area contributed by atoms with Crippen molar-refractivity contribution in [2.24, 2.45) is 0 Å². The largest absolute Gasteiger partial charge is 0.233 e. The average molecular weight is 320 g/mol. The number of hydrogen-bond donors (Lipinski definition) is 0. The Labute approximate surface area is 133 Å². The molecule has 0 spiro atoms. The molecule has 0 unspecified atom stereocenters. The summed E-state index contributed by atoms with van der Waals surface area (Å²) in [6, 6.07) is 5.74. The Balaban J connectivity index is 2.44. The molecule has 0 saturated heterocycles. The molecule has 0 aliphatic heterocycles. The number of aromatic nitrogens is 3. The van der Waals surface area contributed by atoms with Gasteiger partial charge < -0.3 is 0 Å². The Morgan fingerprint density at radius 1 is 0.905 bits per heavy atom. The van der Waals surface area contributed by atoms with Gasteiger partial charge in [-0.3, -0.25) is 0 Å². The van der Waals surface area contributed by atoms with Gasteiger partial charge in [0.05, 0.1) is 11.3 Å². The van der Waals surface area contributed by atoms with Crippen LogP contribution in [0.4, 0.5) is 0 Å². The van der Waals surface area contributed by atoms with E-state index in [0.717, 1.165) is 44.3 Å². The number of halogens is 2. The van der Waals surface area contributed by atoms with E-state index in [4.69, 9.17) is 23.2 Å². The van der Waals surface area contributed by atoms with Crippen molar-refractivity contribution < 1.29 is 0 Å². The summed E-state index contributed by atoms with van der Waals surface area (Å²) in [5, 5.41) is 5.83. The van der Waals surface area contributed by atoms with Gasteiger partial charge in [0.25, 0.3) is 0 Å². The predicted molar refractivity (Wildman–Crippen MR) is 87.4 cm³/mol. The summed E-state index contributed by atoms with van der Waals surface area (Å²) in [5.74, 6) is 0. The maximum absolute atomic E-state index is 6.28. The standard InChI is InChI=1S/C16H15Cl2N3/c1-8-5-12(17)6-9(2)14(8)15-11(4)20-21-13(18)7-10(3)19-16(15)21/h5-7H,1-4H3. The third-order valence-corrected chi connectivity index (χ3v) is 4.08. The summed E-state index contributed by atoms with van der Waals surface area (Å²) in [6.45, 7) is 8.01. The summed E-state index contributed by atoms with van der Waals surface area (Å²) in [7, 11) is 0. The first-order valence-corrected chi connectivity index (χ1v) is 7.43. The molecule has 0 amide bonds. The monoisotopic (exact) mass is 319 g/mol. The highest BCUT2D eigenvalue weighted by Gasteiger charge is 2.18. The fourth-order valence-electron chi connectivity index (χ4n) is 2.80. The number of rotatable bonds is 1. The van der Waals surface area contributed by atoms with Crippen molar-refractivity contribution >= 4 is 28.8 Å². The maximum Gasteiger partial charge on any atom is 0.165 e. The van der Waals surface area contributed by atoms with Crippen LogP contribution in [-0.4, -0.2) is 14.6 Å². The normalized spacial score (nSPS) is 11.3. The first kappa shape index (κ1) is 14.4. The van der Waals surface area contributed by atoms with Gasteiger partial charge in [0.2, 0.25) is 0 Å². The molecule has 0 bridgehead atoms. The second-order valence-corrected chi connectivity index (χ2v) is 6.15. The summed E-state index contributed by atoms with van der Waals surface area (Å²) >= 11 is 12.4. The third kappa shape index (κ3) is 2.30. The van der Waals surface area contributed by atoms with Crippen LogP contribution in [-0.2, 0) is 0 Å². The number of hydrogen-bond acceptors (Lipinski definition) is 2. The van der Waals surface area contributed by atoms with Crippen LogP contribution in [0.25, 0.3) is 16.8 Å². The van der Waals surface area contributed by atoms with Crippen LogP contribution < -0.4 is 0 Å². The molecule has 0 atom stereocenters. The van der Waals surface area contributed by atoms with Crippen molar-refractivity contribution in [2.75, 3.05) is 0 Å². The predicted octanol–water partition coefficient (Wildman–Crippen LogP) is 4.94. The molecule has 0 radical (unpaired) electrons. The molecule has 0 aliphatic carbocycles. The molecule has 0 aliphatic rings. The molecular weight excluding hydrogens is 305 g/mol. The van der Waals surface area contributed by atoms with Gasteiger partial charge in [0, 0.05) is 10.7 Å². The number of nitrogens with zero attached hydrogens (tertiary/aromatic N) is 3. The van der Waals surface area contributed by atoms with Crippen LogP contribution in [0, 0.1) is 27.7 Å². The average Bonchev–Trinajstić information content (AvgIpc) is 2.66. The van der Waals surface area contributed by atoms with Crippen LogP contribution in [0.1, 0.15) is 22.5 Å². The topological polar surface area (TPSA) is 30.2 Å². The fourth-order valence-corrected chi connectivity index (χ4v) is 3.40. The van der Waals surface area contributed by atoms with E-state index >= 15 is 0 Å². The fraction of sp³-hybridized carbons (Fsp3) is 0.250. The van der Waals surface area contributed by atoms with Crippen LogP contribution in [0.2, 0.25) is 10.2 Å². The summed E-state index contributed by atoms with van der Waals surface area (Å²) in [5.41, 5.74) is 6.93. The number of fused-ring (bicyclic) bond motifs is 1. The van der Waals surface area contributed by atoms with Crippen molar-refractivity contribution in [3.63, 3.8) is 0 Å². The lowest BCUT2D eigenvalue weighted by molar-refractivity contribution is 0.910. The Hall–Kier alpha value is -1.58. The van der Waals surface area contributed by atoms with E-state index in [9.17, 15) is 0 Å². The van der Waals surface area contributed by atoms with Gasteiger partial charge in [0.15, 0.2) is 5.65 Å². The van der Waals surface area contributed by atoms with Crippen LogP contribution >= 0.6 is 23.2 Å².